The molecule has 0 N–H and O–H groups in total. The minimum absolute atomic E-state index is 0.0648. The molecule has 1 unspecified atom stereocenters. The van der Waals surface area contributed by atoms with Crippen LogP contribution in [0.15, 0.2) is 12.3 Å². The summed E-state index contributed by atoms with van der Waals surface area (Å²) in [6, 6.07) is 3.54. The number of aromatic nitrogens is 1. The predicted octanol–water partition coefficient (Wildman–Crippen LogP) is 3.08. The van der Waals surface area contributed by atoms with E-state index < -0.39 is 5.92 Å². The number of anilines is 1. The maximum atomic E-state index is 13.3. The van der Waals surface area contributed by atoms with Gasteiger partial charge in [0, 0.05) is 45.2 Å². The van der Waals surface area contributed by atoms with Crippen LogP contribution >= 0.6 is 11.6 Å². The van der Waals surface area contributed by atoms with Crippen molar-refractivity contribution in [1.29, 1.82) is 5.26 Å². The van der Waals surface area contributed by atoms with Crippen molar-refractivity contribution in [3.8, 4) is 6.07 Å². The molecule has 1 aromatic heterocycles. The first-order valence-electron chi connectivity index (χ1n) is 8.37. The molecule has 1 amide bonds. The molecular formula is C17H19ClF2N4O. The quantitative estimate of drug-likeness (QED) is 0.804. The molecule has 0 aliphatic carbocycles. The van der Waals surface area contributed by atoms with E-state index in [1.807, 2.05) is 11.0 Å². The van der Waals surface area contributed by atoms with Gasteiger partial charge in [-0.2, -0.15) is 5.26 Å². The number of carbonyl (C=O) groups is 1. The Morgan fingerprint density at radius 2 is 2.08 bits per heavy atom. The van der Waals surface area contributed by atoms with Crippen LogP contribution in [0.2, 0.25) is 5.02 Å². The fourth-order valence-corrected chi connectivity index (χ4v) is 3.69. The summed E-state index contributed by atoms with van der Waals surface area (Å²) in [7, 11) is 0. The second-order valence-corrected chi connectivity index (χ2v) is 7.01. The summed E-state index contributed by atoms with van der Waals surface area (Å²) in [6.45, 7) is 1.40. The lowest BCUT2D eigenvalue weighted by molar-refractivity contribution is -0.141. The first-order valence-corrected chi connectivity index (χ1v) is 8.74. The van der Waals surface area contributed by atoms with E-state index in [0.29, 0.717) is 22.9 Å². The number of carbonyl (C=O) groups excluding carboxylic acids is 1. The van der Waals surface area contributed by atoms with Crippen LogP contribution in [-0.4, -0.2) is 47.9 Å². The van der Waals surface area contributed by atoms with Gasteiger partial charge in [-0.3, -0.25) is 4.79 Å². The third kappa shape index (κ3) is 4.01. The molecular weight excluding hydrogens is 350 g/mol. The molecule has 3 rings (SSSR count). The Morgan fingerprint density at radius 3 is 2.72 bits per heavy atom. The van der Waals surface area contributed by atoms with Crippen molar-refractivity contribution in [2.24, 2.45) is 5.92 Å². The lowest BCUT2D eigenvalue weighted by Crippen LogP contribution is -2.49. The highest BCUT2D eigenvalue weighted by molar-refractivity contribution is 6.33. The fourth-order valence-electron chi connectivity index (χ4n) is 3.41. The van der Waals surface area contributed by atoms with Crippen molar-refractivity contribution in [3.63, 3.8) is 0 Å². The molecule has 0 bridgehead atoms. The number of halogens is 3. The molecule has 5 nitrogen and oxygen atoms in total. The zero-order chi connectivity index (χ0) is 18.0. The molecule has 8 heteroatoms. The molecule has 2 aliphatic heterocycles. The van der Waals surface area contributed by atoms with Gasteiger partial charge in [0.15, 0.2) is 0 Å². The van der Waals surface area contributed by atoms with E-state index in [1.165, 1.54) is 6.20 Å². The molecule has 134 valence electrons. The van der Waals surface area contributed by atoms with Crippen LogP contribution in [0.4, 0.5) is 14.6 Å². The van der Waals surface area contributed by atoms with Gasteiger partial charge in [0.05, 0.1) is 16.5 Å². The van der Waals surface area contributed by atoms with Crippen molar-refractivity contribution in [2.75, 3.05) is 31.1 Å². The van der Waals surface area contributed by atoms with Crippen LogP contribution in [0.3, 0.4) is 0 Å². The molecule has 0 aromatic carbocycles. The molecule has 25 heavy (non-hydrogen) atoms. The molecule has 1 atom stereocenters. The fraction of sp³-hybridized carbons (Fsp3) is 0.588. The minimum atomic E-state index is -2.66. The smallest absolute Gasteiger partial charge is 0.251 e. The van der Waals surface area contributed by atoms with Gasteiger partial charge in [-0.1, -0.05) is 11.6 Å². The first kappa shape index (κ1) is 17.9. The van der Waals surface area contributed by atoms with E-state index in [9.17, 15) is 13.6 Å². The predicted molar refractivity (Wildman–Crippen MR) is 89.7 cm³/mol. The summed E-state index contributed by atoms with van der Waals surface area (Å²) in [5, 5.41) is 9.27. The molecule has 1 aromatic rings. The van der Waals surface area contributed by atoms with Crippen LogP contribution in [0.1, 0.15) is 31.2 Å². The molecule has 0 saturated carbocycles. The average molecular weight is 369 g/mol. The zero-order valence-corrected chi connectivity index (χ0v) is 14.5. The largest absolute Gasteiger partial charge is 0.355 e. The van der Waals surface area contributed by atoms with Crippen molar-refractivity contribution in [1.82, 2.24) is 9.88 Å². The zero-order valence-electron chi connectivity index (χ0n) is 13.7. The van der Waals surface area contributed by atoms with E-state index in [4.69, 9.17) is 16.9 Å². The van der Waals surface area contributed by atoms with Gasteiger partial charge in [-0.25, -0.2) is 13.8 Å². The van der Waals surface area contributed by atoms with Gasteiger partial charge < -0.3 is 9.80 Å². The summed E-state index contributed by atoms with van der Waals surface area (Å²) < 4.78 is 26.6. The Kier molecular flexibility index (Phi) is 5.09. The number of hydrogen-bond acceptors (Lipinski definition) is 4. The standard InChI is InChI=1S/C17H19ClF2N4O/c18-14-8-12(9-21)10-22-15(14)24-5-1-2-13(11-24)16(25)23-6-3-17(19,20)4-7-23/h8,10,13H,1-7,11H2. The van der Waals surface area contributed by atoms with Crippen LogP contribution in [0, 0.1) is 17.2 Å². The van der Waals surface area contributed by atoms with Crippen LogP contribution in [0.25, 0.3) is 0 Å². The lowest BCUT2D eigenvalue weighted by Gasteiger charge is -2.38. The summed E-state index contributed by atoms with van der Waals surface area (Å²) in [4.78, 5) is 20.4. The SMILES string of the molecule is N#Cc1cnc(N2CCCC(C(=O)N3CCC(F)(F)CC3)C2)c(Cl)c1. The van der Waals surface area contributed by atoms with Crippen molar-refractivity contribution in [2.45, 2.75) is 31.6 Å². The highest BCUT2D eigenvalue weighted by Crippen LogP contribution is 2.31. The van der Waals surface area contributed by atoms with Gasteiger partial charge in [0.25, 0.3) is 5.92 Å². The number of likely N-dealkylation sites (tertiary alicyclic amines) is 1. The minimum Gasteiger partial charge on any atom is -0.355 e. The van der Waals surface area contributed by atoms with E-state index in [1.54, 1.807) is 11.0 Å². The monoisotopic (exact) mass is 368 g/mol. The third-order valence-corrected chi connectivity index (χ3v) is 5.11. The third-order valence-electron chi connectivity index (χ3n) is 4.83. The van der Waals surface area contributed by atoms with Crippen LogP contribution < -0.4 is 4.90 Å². The number of alkyl halides is 2. The van der Waals surface area contributed by atoms with E-state index in [0.717, 1.165) is 19.4 Å². The van der Waals surface area contributed by atoms with E-state index in [2.05, 4.69) is 4.98 Å². The number of nitriles is 1. The van der Waals surface area contributed by atoms with Gasteiger partial charge in [-0.05, 0) is 18.9 Å². The maximum Gasteiger partial charge on any atom is 0.251 e. The van der Waals surface area contributed by atoms with Crippen molar-refractivity contribution in [3.05, 3.63) is 22.8 Å². The number of nitrogens with zero attached hydrogens (tertiary/aromatic N) is 4. The molecule has 3 heterocycles. The normalized spacial score (nSPS) is 23.2. The Hall–Kier alpha value is -1.94. The number of pyridine rings is 1. The van der Waals surface area contributed by atoms with Gasteiger partial charge >= 0.3 is 0 Å². The highest BCUT2D eigenvalue weighted by Gasteiger charge is 2.38. The van der Waals surface area contributed by atoms with E-state index in [-0.39, 0.29) is 37.8 Å². The molecule has 2 saturated heterocycles. The Balaban J connectivity index is 1.67. The maximum absolute atomic E-state index is 13.3. The summed E-state index contributed by atoms with van der Waals surface area (Å²) in [5.41, 5.74) is 0.382. The second kappa shape index (κ2) is 7.12. The Morgan fingerprint density at radius 1 is 1.36 bits per heavy atom. The number of hydrogen-bond donors (Lipinski definition) is 0. The van der Waals surface area contributed by atoms with Crippen LogP contribution in [-0.2, 0) is 4.79 Å². The molecule has 2 fully saturated rings. The summed E-state index contributed by atoms with van der Waals surface area (Å²) in [5.74, 6) is -2.41. The Bertz CT molecular complexity index is 696. The number of rotatable bonds is 2. The van der Waals surface area contributed by atoms with Gasteiger partial charge in [0.1, 0.15) is 11.9 Å². The second-order valence-electron chi connectivity index (χ2n) is 6.61. The Labute approximate surface area is 150 Å². The van der Waals surface area contributed by atoms with Gasteiger partial charge in [-0.15, -0.1) is 0 Å². The lowest BCUT2D eigenvalue weighted by atomic mass is 9.95. The van der Waals surface area contributed by atoms with Crippen molar-refractivity contribution < 1.29 is 13.6 Å². The number of amides is 1. The van der Waals surface area contributed by atoms with E-state index >= 15 is 0 Å². The molecule has 0 radical (unpaired) electrons. The average Bonchev–Trinajstić information content (AvgIpc) is 2.61. The molecule has 2 aliphatic rings. The summed E-state index contributed by atoms with van der Waals surface area (Å²) >= 11 is 6.21. The topological polar surface area (TPSA) is 60.2 Å². The molecule has 0 spiro atoms. The number of piperidine rings is 2. The van der Waals surface area contributed by atoms with Crippen molar-refractivity contribution >= 4 is 23.3 Å². The summed E-state index contributed by atoms with van der Waals surface area (Å²) in [6.07, 6.45) is 2.46. The highest BCUT2D eigenvalue weighted by atomic mass is 35.5. The first-order chi connectivity index (χ1) is 11.9. The van der Waals surface area contributed by atoms with Gasteiger partial charge in [0.2, 0.25) is 5.91 Å². The van der Waals surface area contributed by atoms with Crippen LogP contribution in [0.5, 0.6) is 0 Å².